The number of halogens is 1. The van der Waals surface area contributed by atoms with Gasteiger partial charge in [0.05, 0.1) is 27.5 Å². The lowest BCUT2D eigenvalue weighted by Crippen LogP contribution is -2.37. The Morgan fingerprint density at radius 3 is 2.58 bits per heavy atom. The quantitative estimate of drug-likeness (QED) is 0.379. The van der Waals surface area contributed by atoms with Gasteiger partial charge >= 0.3 is 0 Å². The average Bonchev–Trinajstić information content (AvgIpc) is 3.01. The van der Waals surface area contributed by atoms with Crippen molar-refractivity contribution in [1.29, 1.82) is 0 Å². The summed E-state index contributed by atoms with van der Waals surface area (Å²) in [5, 5.41) is 12.8. The van der Waals surface area contributed by atoms with Gasteiger partial charge in [0.25, 0.3) is 22.7 Å². The standard InChI is InChI=1S/C20H16ClN3O6S/c1-30-14-5-2-12(3-6-14)10-17-19(26)23(20(27)31-17)9-8-22-18(25)15-7-4-13(24(28)29)11-16(15)21/h2-7,10-11H,8-9H2,1H3,(H,22,25). The molecule has 31 heavy (non-hydrogen) atoms. The Morgan fingerprint density at radius 1 is 1.26 bits per heavy atom. The van der Waals surface area contributed by atoms with Crippen molar-refractivity contribution in [3.63, 3.8) is 0 Å². The van der Waals surface area contributed by atoms with Crippen molar-refractivity contribution in [1.82, 2.24) is 10.2 Å². The summed E-state index contributed by atoms with van der Waals surface area (Å²) in [5.74, 6) is -0.344. The predicted molar refractivity (Wildman–Crippen MR) is 116 cm³/mol. The number of non-ortho nitro benzene ring substituents is 1. The molecule has 3 rings (SSSR count). The number of rotatable bonds is 7. The van der Waals surface area contributed by atoms with Crippen LogP contribution in [0.3, 0.4) is 0 Å². The van der Waals surface area contributed by atoms with E-state index in [2.05, 4.69) is 5.32 Å². The molecule has 1 saturated heterocycles. The molecule has 160 valence electrons. The minimum absolute atomic E-state index is 0.00000554. The lowest BCUT2D eigenvalue weighted by atomic mass is 10.2. The van der Waals surface area contributed by atoms with E-state index in [9.17, 15) is 24.5 Å². The minimum Gasteiger partial charge on any atom is -0.497 e. The zero-order valence-electron chi connectivity index (χ0n) is 16.2. The smallest absolute Gasteiger partial charge is 0.293 e. The summed E-state index contributed by atoms with van der Waals surface area (Å²) in [6.45, 7) is -0.0268. The van der Waals surface area contributed by atoms with Crippen molar-refractivity contribution in [2.45, 2.75) is 0 Å². The molecule has 3 amide bonds. The van der Waals surface area contributed by atoms with E-state index < -0.39 is 22.0 Å². The zero-order valence-corrected chi connectivity index (χ0v) is 17.7. The first-order valence-corrected chi connectivity index (χ1v) is 10.1. The third-order valence-corrected chi connectivity index (χ3v) is 5.54. The van der Waals surface area contributed by atoms with Gasteiger partial charge in [-0.05, 0) is 41.6 Å². The van der Waals surface area contributed by atoms with Crippen LogP contribution in [-0.2, 0) is 4.79 Å². The van der Waals surface area contributed by atoms with Gasteiger partial charge in [0, 0.05) is 25.2 Å². The molecular formula is C20H16ClN3O6S. The summed E-state index contributed by atoms with van der Waals surface area (Å²) < 4.78 is 5.09. The summed E-state index contributed by atoms with van der Waals surface area (Å²) in [5.41, 5.74) is 0.566. The number of ether oxygens (including phenoxy) is 1. The molecule has 9 nitrogen and oxygen atoms in total. The van der Waals surface area contributed by atoms with Gasteiger partial charge < -0.3 is 10.1 Å². The van der Waals surface area contributed by atoms with E-state index in [0.717, 1.165) is 28.3 Å². The van der Waals surface area contributed by atoms with Gasteiger partial charge in [-0.15, -0.1) is 0 Å². The number of nitrogens with one attached hydrogen (secondary N) is 1. The first-order chi connectivity index (χ1) is 14.8. The molecule has 2 aromatic rings. The maximum absolute atomic E-state index is 12.5. The molecule has 0 spiro atoms. The topological polar surface area (TPSA) is 119 Å². The van der Waals surface area contributed by atoms with Crippen LogP contribution in [0.25, 0.3) is 6.08 Å². The first kappa shape index (κ1) is 22.3. The van der Waals surface area contributed by atoms with Crippen molar-refractivity contribution in [3.8, 4) is 5.75 Å². The number of hydrogen-bond donors (Lipinski definition) is 1. The monoisotopic (exact) mass is 461 g/mol. The van der Waals surface area contributed by atoms with Gasteiger partial charge in [-0.1, -0.05) is 23.7 Å². The van der Waals surface area contributed by atoms with E-state index in [-0.39, 0.29) is 34.3 Å². The Morgan fingerprint density at radius 2 is 1.97 bits per heavy atom. The van der Waals surface area contributed by atoms with Crippen LogP contribution in [0, 0.1) is 10.1 Å². The number of nitrogens with zero attached hydrogens (tertiary/aromatic N) is 2. The van der Waals surface area contributed by atoms with Crippen molar-refractivity contribution in [2.75, 3.05) is 20.2 Å². The second-order valence-electron chi connectivity index (χ2n) is 6.28. The number of carbonyl (C=O) groups is 3. The second kappa shape index (κ2) is 9.63. The van der Waals surface area contributed by atoms with Crippen LogP contribution in [-0.4, -0.2) is 47.1 Å². The highest BCUT2D eigenvalue weighted by atomic mass is 35.5. The predicted octanol–water partition coefficient (Wildman–Crippen LogP) is 3.72. The summed E-state index contributed by atoms with van der Waals surface area (Å²) in [7, 11) is 1.55. The molecular weight excluding hydrogens is 446 g/mol. The van der Waals surface area contributed by atoms with Crippen LogP contribution in [0.2, 0.25) is 5.02 Å². The van der Waals surface area contributed by atoms with E-state index in [1.165, 1.54) is 12.1 Å². The van der Waals surface area contributed by atoms with E-state index in [1.54, 1.807) is 37.5 Å². The molecule has 1 N–H and O–H groups in total. The van der Waals surface area contributed by atoms with Crippen LogP contribution in [0.4, 0.5) is 10.5 Å². The van der Waals surface area contributed by atoms with Crippen molar-refractivity contribution >= 4 is 52.2 Å². The van der Waals surface area contributed by atoms with Crippen LogP contribution >= 0.6 is 23.4 Å². The molecule has 1 heterocycles. The number of benzene rings is 2. The van der Waals surface area contributed by atoms with E-state index in [4.69, 9.17) is 16.3 Å². The average molecular weight is 462 g/mol. The SMILES string of the molecule is COc1ccc(C=C2SC(=O)N(CCNC(=O)c3ccc([N+](=O)[O-])cc3Cl)C2=O)cc1. The van der Waals surface area contributed by atoms with Crippen LogP contribution in [0.1, 0.15) is 15.9 Å². The number of hydrogen-bond acceptors (Lipinski definition) is 7. The van der Waals surface area contributed by atoms with Crippen molar-refractivity contribution in [3.05, 3.63) is 73.6 Å². The molecule has 2 aromatic carbocycles. The molecule has 0 aliphatic carbocycles. The van der Waals surface area contributed by atoms with Gasteiger partial charge in [0.2, 0.25) is 0 Å². The van der Waals surface area contributed by atoms with Gasteiger partial charge in [0.1, 0.15) is 5.75 Å². The Bertz CT molecular complexity index is 1090. The van der Waals surface area contributed by atoms with Crippen molar-refractivity contribution in [2.24, 2.45) is 0 Å². The van der Waals surface area contributed by atoms with E-state index in [1.807, 2.05) is 0 Å². The van der Waals surface area contributed by atoms with Gasteiger partial charge in [-0.25, -0.2) is 0 Å². The Balaban J connectivity index is 1.59. The highest BCUT2D eigenvalue weighted by Gasteiger charge is 2.34. The second-order valence-corrected chi connectivity index (χ2v) is 7.68. The third kappa shape index (κ3) is 5.22. The molecule has 1 aliphatic heterocycles. The minimum atomic E-state index is -0.618. The normalized spacial score (nSPS) is 14.8. The Hall–Kier alpha value is -3.37. The molecule has 0 bridgehead atoms. The van der Waals surface area contributed by atoms with Crippen molar-refractivity contribution < 1.29 is 24.0 Å². The molecule has 0 saturated carbocycles. The maximum atomic E-state index is 12.5. The number of carbonyl (C=O) groups excluding carboxylic acids is 3. The van der Waals surface area contributed by atoms with Gasteiger partial charge in [0.15, 0.2) is 0 Å². The Kier molecular flexibility index (Phi) is 6.93. The fraction of sp³-hybridized carbons (Fsp3) is 0.150. The van der Waals surface area contributed by atoms with Crippen LogP contribution in [0.15, 0.2) is 47.4 Å². The fourth-order valence-electron chi connectivity index (χ4n) is 2.72. The summed E-state index contributed by atoms with van der Waals surface area (Å²) in [4.78, 5) is 48.4. The number of imide groups is 1. The number of methoxy groups -OCH3 is 1. The molecule has 1 fully saturated rings. The molecule has 0 atom stereocenters. The highest BCUT2D eigenvalue weighted by molar-refractivity contribution is 8.18. The fourth-order valence-corrected chi connectivity index (χ4v) is 3.85. The summed E-state index contributed by atoms with van der Waals surface area (Å²) in [6, 6.07) is 10.5. The van der Waals surface area contributed by atoms with Gasteiger partial charge in [-0.3, -0.25) is 29.4 Å². The number of nitro groups is 1. The zero-order chi connectivity index (χ0) is 22.5. The lowest BCUT2D eigenvalue weighted by molar-refractivity contribution is -0.384. The number of amides is 3. The summed E-state index contributed by atoms with van der Waals surface area (Å²) >= 11 is 6.75. The van der Waals surface area contributed by atoms with Crippen LogP contribution in [0.5, 0.6) is 5.75 Å². The lowest BCUT2D eigenvalue weighted by Gasteiger charge is -2.13. The molecule has 1 aliphatic rings. The third-order valence-electron chi connectivity index (χ3n) is 4.32. The molecule has 0 aromatic heterocycles. The largest absolute Gasteiger partial charge is 0.497 e. The van der Waals surface area contributed by atoms with Gasteiger partial charge in [-0.2, -0.15) is 0 Å². The Labute approximate surface area is 186 Å². The molecule has 0 radical (unpaired) electrons. The van der Waals surface area contributed by atoms with Crippen LogP contribution < -0.4 is 10.1 Å². The highest BCUT2D eigenvalue weighted by Crippen LogP contribution is 2.32. The number of nitro benzene ring substituents is 1. The summed E-state index contributed by atoms with van der Waals surface area (Å²) in [6.07, 6.45) is 1.61. The number of thioether (sulfide) groups is 1. The maximum Gasteiger partial charge on any atom is 0.293 e. The molecule has 11 heteroatoms. The van der Waals surface area contributed by atoms with E-state index in [0.29, 0.717) is 5.75 Å². The first-order valence-electron chi connectivity index (χ1n) is 8.91. The molecule has 0 unspecified atom stereocenters. The van der Waals surface area contributed by atoms with E-state index >= 15 is 0 Å².